The highest BCUT2D eigenvalue weighted by Gasteiger charge is 3.08. The summed E-state index contributed by atoms with van der Waals surface area (Å²) in [5, 5.41) is 69.7. The lowest BCUT2D eigenvalue weighted by Gasteiger charge is -2.22. The van der Waals surface area contributed by atoms with Crippen LogP contribution in [-0.2, 0) is 0 Å². The van der Waals surface area contributed by atoms with Crippen molar-refractivity contribution in [3.05, 3.63) is 70.8 Å². The molecule has 0 fully saturated rings. The van der Waals surface area contributed by atoms with Gasteiger partial charge in [0.1, 0.15) is 19.7 Å². The van der Waals surface area contributed by atoms with Crippen LogP contribution in [0.3, 0.4) is 0 Å². The van der Waals surface area contributed by atoms with Crippen LogP contribution in [0.1, 0.15) is 6.92 Å². The van der Waals surface area contributed by atoms with E-state index < -0.39 is 57.3 Å². The smallest absolute Gasteiger partial charge is 0.264 e. The molecular formula is C4H4N8O14. The molecule has 1 atom stereocenters. The van der Waals surface area contributed by atoms with Crippen LogP contribution in [0.4, 0.5) is 0 Å². The second kappa shape index (κ2) is 6.61. The lowest BCUT2D eigenvalue weighted by Crippen LogP contribution is -2.83. The van der Waals surface area contributed by atoms with Gasteiger partial charge >= 0.3 is 22.6 Å². The van der Waals surface area contributed by atoms with Crippen LogP contribution < -0.4 is 0 Å². The van der Waals surface area contributed by atoms with E-state index in [2.05, 4.69) is 0 Å². The Morgan fingerprint density at radius 3 is 1.12 bits per heavy atom. The number of nitro groups is 7. The fraction of sp³-hybridized carbons (Fsp3) is 1.00. The normalized spacial score (nSPS) is 12.5. The molecule has 0 saturated carbocycles. The van der Waals surface area contributed by atoms with E-state index in [0.717, 1.165) is 0 Å². The Kier molecular flexibility index (Phi) is 5.49. The van der Waals surface area contributed by atoms with Crippen molar-refractivity contribution in [3.63, 3.8) is 0 Å². The van der Waals surface area contributed by atoms with Crippen molar-refractivity contribution in [1.82, 2.24) is 5.12 Å². The van der Waals surface area contributed by atoms with E-state index in [1.807, 2.05) is 0 Å². The van der Waals surface area contributed by atoms with Crippen molar-refractivity contribution < 1.29 is 34.7 Å². The van der Waals surface area contributed by atoms with E-state index in [9.17, 15) is 70.8 Å². The Hall–Kier alpha value is -4.40. The molecule has 0 amide bonds. The number of rotatable bonds is 10. The van der Waals surface area contributed by atoms with Gasteiger partial charge in [0.05, 0.1) is 0 Å². The summed E-state index contributed by atoms with van der Waals surface area (Å²) in [6.45, 7) is -0.0918. The van der Waals surface area contributed by atoms with Crippen LogP contribution in [0.5, 0.6) is 0 Å². The van der Waals surface area contributed by atoms with Crippen LogP contribution in [0.2, 0.25) is 0 Å². The van der Waals surface area contributed by atoms with E-state index in [1.165, 1.54) is 0 Å². The topological polar surface area (TPSA) is 305 Å². The molecular weight excluding hydrogens is 384 g/mol. The van der Waals surface area contributed by atoms with Crippen LogP contribution >= 0.6 is 0 Å². The number of hydrogen-bond donors (Lipinski definition) is 0. The van der Waals surface area contributed by atoms with E-state index in [1.54, 1.807) is 0 Å². The standard InChI is InChI=1S/C4H4N8O14/c1-2(5(13)14)3(7(15)16,8(17)18)4(9(19)20,10(21)22)6(11(23)24)12(25)26/h2H,1H3. The molecule has 22 heteroatoms. The lowest BCUT2D eigenvalue weighted by atomic mass is 9.94. The summed E-state index contributed by atoms with van der Waals surface area (Å²) >= 11 is 0. The quantitative estimate of drug-likeness (QED) is 0.217. The molecule has 0 aromatic heterocycles. The van der Waals surface area contributed by atoms with Crippen molar-refractivity contribution >= 4 is 0 Å². The Morgan fingerprint density at radius 2 is 0.962 bits per heavy atom. The molecule has 0 aliphatic carbocycles. The maximum absolute atomic E-state index is 11.2. The Morgan fingerprint density at radius 1 is 0.654 bits per heavy atom. The van der Waals surface area contributed by atoms with Gasteiger partial charge in [0.2, 0.25) is 10.1 Å². The van der Waals surface area contributed by atoms with Crippen LogP contribution in [0.15, 0.2) is 0 Å². The summed E-state index contributed by atoms with van der Waals surface area (Å²) in [6, 6.07) is -3.51. The van der Waals surface area contributed by atoms with Gasteiger partial charge < -0.3 is 0 Å². The van der Waals surface area contributed by atoms with Gasteiger partial charge in [-0.15, -0.1) is 0 Å². The minimum atomic E-state index is -5.64. The Bertz CT molecular complexity index is 672. The van der Waals surface area contributed by atoms with Gasteiger partial charge in [0.25, 0.3) is 0 Å². The van der Waals surface area contributed by atoms with Gasteiger partial charge in [-0.2, -0.15) is 0 Å². The monoisotopic (exact) mass is 388 g/mol. The molecule has 0 saturated heterocycles. The van der Waals surface area contributed by atoms with E-state index in [4.69, 9.17) is 0 Å². The maximum Gasteiger partial charge on any atom is 0.796 e. The zero-order valence-corrected chi connectivity index (χ0v) is 11.9. The molecule has 0 radical (unpaired) electrons. The third-order valence-corrected chi connectivity index (χ3v) is 3.05. The van der Waals surface area contributed by atoms with Gasteiger partial charge in [-0.1, -0.05) is 0 Å². The molecule has 22 nitrogen and oxygen atoms in total. The average Bonchev–Trinajstić information content (AvgIpc) is 2.43. The first-order valence-electron chi connectivity index (χ1n) is 5.45. The number of nitrogens with zero attached hydrogens (tertiary/aromatic N) is 8. The predicted octanol–water partition coefficient (Wildman–Crippen LogP) is -2.21. The highest BCUT2D eigenvalue weighted by molar-refractivity contribution is 4.86. The predicted molar refractivity (Wildman–Crippen MR) is 65.7 cm³/mol. The van der Waals surface area contributed by atoms with Crippen LogP contribution in [0, 0.1) is 70.8 Å². The molecule has 0 aromatic rings. The summed E-state index contributed by atoms with van der Waals surface area (Å²) < 4.78 is 0. The van der Waals surface area contributed by atoms with Gasteiger partial charge in [0.15, 0.2) is 0 Å². The zero-order chi connectivity index (χ0) is 21.2. The summed E-state index contributed by atoms with van der Waals surface area (Å²) in [7, 11) is 0. The number of hydrogen-bond acceptors (Lipinski definition) is 14. The molecule has 0 bridgehead atoms. The Balaban J connectivity index is 7.79. The lowest BCUT2D eigenvalue weighted by molar-refractivity contribution is -1.07. The third-order valence-electron chi connectivity index (χ3n) is 3.05. The van der Waals surface area contributed by atoms with Crippen molar-refractivity contribution in [2.75, 3.05) is 0 Å². The highest BCUT2D eigenvalue weighted by atomic mass is 16.8. The van der Waals surface area contributed by atoms with E-state index in [0.29, 0.717) is 0 Å². The zero-order valence-electron chi connectivity index (χ0n) is 11.9. The second-order valence-electron chi connectivity index (χ2n) is 4.12. The average molecular weight is 388 g/mol. The summed E-state index contributed by atoms with van der Waals surface area (Å²) in [4.78, 5) is 64.6. The molecule has 0 aromatic carbocycles. The molecule has 26 heavy (non-hydrogen) atoms. The second-order valence-corrected chi connectivity index (χ2v) is 4.12. The summed E-state index contributed by atoms with van der Waals surface area (Å²) in [5.41, 5.74) is -5.29. The first-order valence-corrected chi connectivity index (χ1v) is 5.45. The minimum absolute atomic E-state index is 0.0918. The van der Waals surface area contributed by atoms with Gasteiger partial charge in [-0.25, -0.2) is 20.2 Å². The molecule has 1 unspecified atom stereocenters. The molecule has 0 aliphatic rings. The molecule has 0 N–H and O–H groups in total. The van der Waals surface area contributed by atoms with Crippen molar-refractivity contribution in [1.29, 1.82) is 0 Å². The first-order chi connectivity index (χ1) is 11.6. The van der Waals surface area contributed by atoms with E-state index >= 15 is 0 Å². The van der Waals surface area contributed by atoms with Gasteiger partial charge in [-0.3, -0.25) is 50.6 Å². The molecule has 0 rings (SSSR count). The van der Waals surface area contributed by atoms with Crippen molar-refractivity contribution in [2.45, 2.75) is 24.4 Å². The molecule has 144 valence electrons. The maximum atomic E-state index is 11.2. The van der Waals surface area contributed by atoms with Crippen LogP contribution in [0.25, 0.3) is 0 Å². The van der Waals surface area contributed by atoms with Crippen molar-refractivity contribution in [2.24, 2.45) is 0 Å². The Labute approximate surface area is 136 Å². The third kappa shape index (κ3) is 2.45. The fourth-order valence-electron chi connectivity index (χ4n) is 1.96. The SMILES string of the molecule is CC([N+](=O)[O-])C([N+](=O)[O-])([N+](=O)[O-])C(N([N+](=O)[O-])[N+](=O)[O-])([N+](=O)[O-])[N+](=O)[O-]. The van der Waals surface area contributed by atoms with Gasteiger partial charge in [0, 0.05) is 11.8 Å². The van der Waals surface area contributed by atoms with Crippen molar-refractivity contribution in [3.8, 4) is 0 Å². The summed E-state index contributed by atoms with van der Waals surface area (Å²) in [6.07, 6.45) is 0. The molecule has 0 spiro atoms. The van der Waals surface area contributed by atoms with Gasteiger partial charge in [-0.05, 0) is 0 Å². The van der Waals surface area contributed by atoms with E-state index in [-0.39, 0.29) is 6.92 Å². The molecule has 0 aliphatic heterocycles. The minimum Gasteiger partial charge on any atom is -0.264 e. The first kappa shape index (κ1) is 21.6. The number of hydrazine groups is 2. The summed E-state index contributed by atoms with van der Waals surface area (Å²) in [5.74, 6) is -5.64. The highest BCUT2D eigenvalue weighted by Crippen LogP contribution is 2.38. The largest absolute Gasteiger partial charge is 0.796 e. The van der Waals surface area contributed by atoms with Crippen LogP contribution in [-0.4, -0.2) is 57.3 Å². The molecule has 0 heterocycles. The fourth-order valence-corrected chi connectivity index (χ4v) is 1.96.